The van der Waals surface area contributed by atoms with Crippen molar-refractivity contribution in [3.8, 4) is 17.4 Å². The van der Waals surface area contributed by atoms with Gasteiger partial charge < -0.3 is 9.15 Å². The summed E-state index contributed by atoms with van der Waals surface area (Å²) in [5.74, 6) is 1.01. The molecule has 5 aromatic rings. The van der Waals surface area contributed by atoms with Gasteiger partial charge in [0.1, 0.15) is 15.9 Å². The Morgan fingerprint density at radius 3 is 1.41 bits per heavy atom. The van der Waals surface area contributed by atoms with Gasteiger partial charge in [-0.1, -0.05) is 72.8 Å². The van der Waals surface area contributed by atoms with Crippen LogP contribution in [0.15, 0.2) is 126 Å². The Balaban J connectivity index is 1.89. The number of benzene rings is 4. The van der Waals surface area contributed by atoms with Gasteiger partial charge in [0.2, 0.25) is 5.89 Å². The maximum absolute atomic E-state index is 6.21. The Labute approximate surface area is 188 Å². The standard InChI is InChI=1S/C28H23NO2P/c1-30-28-27(29-26(31-28)22-14-6-2-7-15-22)32(23-16-8-3-9-17-23,24-18-10-4-11-19-24)25-20-12-5-13-21-25/h2-21H,1H3/q+1. The molecule has 156 valence electrons. The second kappa shape index (κ2) is 8.82. The van der Waals surface area contributed by atoms with Crippen molar-refractivity contribution in [1.29, 1.82) is 0 Å². The Bertz CT molecular complexity index is 1190. The summed E-state index contributed by atoms with van der Waals surface area (Å²) in [7, 11) is -0.742. The van der Waals surface area contributed by atoms with Gasteiger partial charge in [0.05, 0.1) is 7.11 Å². The molecule has 4 heteroatoms. The minimum Gasteiger partial charge on any atom is -0.464 e. The van der Waals surface area contributed by atoms with Crippen LogP contribution in [-0.2, 0) is 0 Å². The van der Waals surface area contributed by atoms with E-state index in [-0.39, 0.29) is 0 Å². The van der Waals surface area contributed by atoms with E-state index < -0.39 is 7.26 Å². The number of rotatable bonds is 6. The molecule has 0 radical (unpaired) electrons. The fraction of sp³-hybridized carbons (Fsp3) is 0.0357. The van der Waals surface area contributed by atoms with E-state index in [0.717, 1.165) is 11.0 Å². The molecule has 0 N–H and O–H groups in total. The summed E-state index contributed by atoms with van der Waals surface area (Å²) >= 11 is 0. The molecule has 0 saturated carbocycles. The van der Waals surface area contributed by atoms with Crippen LogP contribution < -0.4 is 26.1 Å². The molecule has 0 unspecified atom stereocenters. The van der Waals surface area contributed by atoms with Gasteiger partial charge in [-0.15, -0.1) is 0 Å². The number of oxazole rings is 1. The Hall–Kier alpha value is -3.68. The SMILES string of the molecule is COc1oc(-c2ccccc2)nc1[P+](c1ccccc1)(c1ccccc1)c1ccccc1. The van der Waals surface area contributed by atoms with Crippen LogP contribution in [0.5, 0.6) is 5.95 Å². The van der Waals surface area contributed by atoms with Crippen molar-refractivity contribution in [3.63, 3.8) is 0 Å². The van der Waals surface area contributed by atoms with Gasteiger partial charge in [-0.3, -0.25) is 0 Å². The zero-order chi connectivity index (χ0) is 21.8. The zero-order valence-corrected chi connectivity index (χ0v) is 18.7. The summed E-state index contributed by atoms with van der Waals surface area (Å²) in [6, 6.07) is 41.7. The molecule has 32 heavy (non-hydrogen) atoms. The number of aromatic nitrogens is 1. The smallest absolute Gasteiger partial charge is 0.352 e. The van der Waals surface area contributed by atoms with Crippen LogP contribution in [0, 0.1) is 0 Å². The van der Waals surface area contributed by atoms with Crippen molar-refractivity contribution < 1.29 is 9.15 Å². The minimum atomic E-state index is -2.39. The summed E-state index contributed by atoms with van der Waals surface area (Å²) in [6.45, 7) is 0. The third kappa shape index (κ3) is 3.41. The van der Waals surface area contributed by atoms with Gasteiger partial charge >= 0.3 is 5.95 Å². The summed E-state index contributed by atoms with van der Waals surface area (Å²) < 4.78 is 12.0. The van der Waals surface area contributed by atoms with E-state index in [4.69, 9.17) is 14.1 Å². The fourth-order valence-corrected chi connectivity index (χ4v) is 8.25. The summed E-state index contributed by atoms with van der Waals surface area (Å²) in [5, 5.41) is 3.59. The number of hydrogen-bond acceptors (Lipinski definition) is 3. The molecule has 0 bridgehead atoms. The monoisotopic (exact) mass is 436 g/mol. The fourth-order valence-electron chi connectivity index (χ4n) is 4.12. The molecule has 0 saturated heterocycles. The number of ether oxygens (including phenoxy) is 1. The first kappa shape index (κ1) is 20.2. The van der Waals surface area contributed by atoms with Gasteiger partial charge in [-0.2, -0.15) is 4.98 Å². The van der Waals surface area contributed by atoms with Crippen LogP contribution in [0.2, 0.25) is 0 Å². The quantitative estimate of drug-likeness (QED) is 0.353. The van der Waals surface area contributed by atoms with Gasteiger partial charge in [-0.25, -0.2) is 0 Å². The van der Waals surface area contributed by atoms with Crippen molar-refractivity contribution in [2.75, 3.05) is 7.11 Å². The molecule has 0 spiro atoms. The van der Waals surface area contributed by atoms with Crippen molar-refractivity contribution >= 4 is 28.6 Å². The predicted molar refractivity (Wildman–Crippen MR) is 133 cm³/mol. The van der Waals surface area contributed by atoms with Gasteiger partial charge in [-0.05, 0) is 48.5 Å². The highest BCUT2D eigenvalue weighted by molar-refractivity contribution is 8.01. The molecule has 0 atom stereocenters. The van der Waals surface area contributed by atoms with E-state index in [2.05, 4.69) is 72.8 Å². The summed E-state index contributed by atoms with van der Waals surface area (Å²) in [4.78, 5) is 5.11. The largest absolute Gasteiger partial charge is 0.464 e. The lowest BCUT2D eigenvalue weighted by Gasteiger charge is -2.25. The van der Waals surface area contributed by atoms with E-state index in [1.807, 2.05) is 48.5 Å². The van der Waals surface area contributed by atoms with E-state index in [1.54, 1.807) is 7.11 Å². The van der Waals surface area contributed by atoms with Crippen LogP contribution in [0.25, 0.3) is 11.5 Å². The number of hydrogen-bond donors (Lipinski definition) is 0. The lowest BCUT2D eigenvalue weighted by Crippen LogP contribution is -2.39. The van der Waals surface area contributed by atoms with Crippen molar-refractivity contribution in [1.82, 2.24) is 4.98 Å². The third-order valence-electron chi connectivity index (χ3n) is 5.53. The van der Waals surface area contributed by atoms with Gasteiger partial charge in [0.15, 0.2) is 7.26 Å². The van der Waals surface area contributed by atoms with E-state index in [1.165, 1.54) is 15.9 Å². The van der Waals surface area contributed by atoms with E-state index in [0.29, 0.717) is 11.8 Å². The highest BCUT2D eigenvalue weighted by Crippen LogP contribution is 2.56. The van der Waals surface area contributed by atoms with Crippen LogP contribution in [0.4, 0.5) is 0 Å². The van der Waals surface area contributed by atoms with Gasteiger partial charge in [0.25, 0.3) is 5.44 Å². The van der Waals surface area contributed by atoms with Crippen LogP contribution in [-0.4, -0.2) is 12.1 Å². The Kier molecular flexibility index (Phi) is 5.58. The van der Waals surface area contributed by atoms with Crippen LogP contribution >= 0.6 is 7.26 Å². The van der Waals surface area contributed by atoms with Crippen LogP contribution in [0.3, 0.4) is 0 Å². The number of nitrogens with zero attached hydrogens (tertiary/aromatic N) is 1. The third-order valence-corrected chi connectivity index (χ3v) is 9.67. The number of methoxy groups -OCH3 is 1. The molecule has 1 heterocycles. The normalized spacial score (nSPS) is 11.3. The summed E-state index contributed by atoms with van der Waals surface area (Å²) in [6.07, 6.45) is 0. The highest BCUT2D eigenvalue weighted by Gasteiger charge is 2.53. The molecule has 0 amide bonds. The molecular weight excluding hydrogens is 413 g/mol. The average Bonchev–Trinajstić information content (AvgIpc) is 3.32. The highest BCUT2D eigenvalue weighted by atomic mass is 31.2. The molecule has 1 aromatic heterocycles. The lowest BCUT2D eigenvalue weighted by atomic mass is 10.2. The van der Waals surface area contributed by atoms with Gasteiger partial charge in [0, 0.05) is 5.56 Å². The second-order valence-corrected chi connectivity index (χ2v) is 10.7. The molecule has 5 rings (SSSR count). The van der Waals surface area contributed by atoms with Crippen molar-refractivity contribution in [2.24, 2.45) is 0 Å². The molecule has 0 fully saturated rings. The maximum atomic E-state index is 6.21. The average molecular weight is 436 g/mol. The first-order valence-corrected chi connectivity index (χ1v) is 12.3. The first-order valence-electron chi connectivity index (χ1n) is 10.5. The summed E-state index contributed by atoms with van der Waals surface area (Å²) in [5.41, 5.74) is 1.76. The molecule has 0 aliphatic rings. The molecule has 4 aromatic carbocycles. The molecular formula is C28H23NO2P+. The predicted octanol–water partition coefficient (Wildman–Crippen LogP) is 4.97. The van der Waals surface area contributed by atoms with Crippen molar-refractivity contribution in [2.45, 2.75) is 0 Å². The van der Waals surface area contributed by atoms with Crippen molar-refractivity contribution in [3.05, 3.63) is 121 Å². The molecule has 0 aliphatic carbocycles. The molecule has 3 nitrogen and oxygen atoms in total. The Morgan fingerprint density at radius 1 is 0.594 bits per heavy atom. The second-order valence-electron chi connectivity index (χ2n) is 7.38. The van der Waals surface area contributed by atoms with E-state index in [9.17, 15) is 0 Å². The van der Waals surface area contributed by atoms with Crippen LogP contribution in [0.1, 0.15) is 0 Å². The van der Waals surface area contributed by atoms with E-state index >= 15 is 0 Å². The first-order chi connectivity index (χ1) is 15.8. The molecule has 0 aliphatic heterocycles. The topological polar surface area (TPSA) is 35.3 Å². The maximum Gasteiger partial charge on any atom is 0.352 e. The zero-order valence-electron chi connectivity index (χ0n) is 17.8. The lowest BCUT2D eigenvalue weighted by molar-refractivity contribution is 0.312. The minimum absolute atomic E-state index is 0.453. The Morgan fingerprint density at radius 2 is 1.00 bits per heavy atom.